The Labute approximate surface area is 181 Å². The molecule has 1 fully saturated rings. The fourth-order valence-electron chi connectivity index (χ4n) is 3.39. The molecule has 3 aromatic rings. The molecule has 1 aromatic heterocycles. The van der Waals surface area contributed by atoms with E-state index in [1.807, 2.05) is 47.8 Å². The number of sulfonamides is 1. The van der Waals surface area contributed by atoms with Crippen molar-refractivity contribution in [1.29, 1.82) is 0 Å². The van der Waals surface area contributed by atoms with E-state index >= 15 is 0 Å². The lowest BCUT2D eigenvalue weighted by molar-refractivity contribution is 0.424. The van der Waals surface area contributed by atoms with Gasteiger partial charge in [0.1, 0.15) is 0 Å². The molecule has 0 bridgehead atoms. The molecule has 2 aromatic carbocycles. The number of aromatic nitrogens is 1. The van der Waals surface area contributed by atoms with Crippen LogP contribution in [0.2, 0.25) is 0 Å². The molecule has 0 spiro atoms. The Morgan fingerprint density at radius 3 is 2.37 bits per heavy atom. The van der Waals surface area contributed by atoms with E-state index in [2.05, 4.69) is 15.5 Å². The Hall–Kier alpha value is -2.55. The molecule has 0 aliphatic carbocycles. The summed E-state index contributed by atoms with van der Waals surface area (Å²) in [5.74, 6) is 0. The Morgan fingerprint density at radius 1 is 0.967 bits per heavy atom. The molecule has 0 unspecified atom stereocenters. The molecular weight excluding hydrogens is 416 g/mol. The Balaban J connectivity index is 1.43. The van der Waals surface area contributed by atoms with Crippen LogP contribution < -0.4 is 5.43 Å². The summed E-state index contributed by atoms with van der Waals surface area (Å²) in [5, 5.41) is 6.82. The molecule has 0 radical (unpaired) electrons. The average molecular weight is 441 g/mol. The van der Waals surface area contributed by atoms with Crippen molar-refractivity contribution in [3.8, 4) is 11.3 Å². The van der Waals surface area contributed by atoms with Crippen molar-refractivity contribution in [2.24, 2.45) is 5.10 Å². The largest absolute Gasteiger partial charge is 0.253 e. The summed E-state index contributed by atoms with van der Waals surface area (Å²) in [6.45, 7) is 1.21. The third-order valence-electron chi connectivity index (χ3n) is 5.03. The molecular formula is C22H24N4O2S2. The number of hydrogen-bond donors (Lipinski definition) is 1. The van der Waals surface area contributed by atoms with Gasteiger partial charge in [0.2, 0.25) is 15.2 Å². The van der Waals surface area contributed by atoms with Gasteiger partial charge in [-0.3, -0.25) is 5.43 Å². The number of benzene rings is 2. The molecule has 30 heavy (non-hydrogen) atoms. The van der Waals surface area contributed by atoms with E-state index in [0.29, 0.717) is 23.1 Å². The van der Waals surface area contributed by atoms with Crippen LogP contribution in [-0.2, 0) is 10.0 Å². The van der Waals surface area contributed by atoms with Crippen molar-refractivity contribution < 1.29 is 8.42 Å². The molecule has 0 saturated carbocycles. The monoisotopic (exact) mass is 440 g/mol. The minimum absolute atomic E-state index is 0.342. The first-order chi connectivity index (χ1) is 14.6. The summed E-state index contributed by atoms with van der Waals surface area (Å²) in [5.41, 5.74) is 5.61. The number of rotatable bonds is 6. The van der Waals surface area contributed by atoms with Gasteiger partial charge < -0.3 is 0 Å². The van der Waals surface area contributed by atoms with Crippen LogP contribution in [0.25, 0.3) is 11.3 Å². The molecule has 156 valence electrons. The van der Waals surface area contributed by atoms with Crippen molar-refractivity contribution in [1.82, 2.24) is 9.29 Å². The number of nitrogens with zero attached hydrogens (tertiary/aromatic N) is 3. The summed E-state index contributed by atoms with van der Waals surface area (Å²) < 4.78 is 27.4. The van der Waals surface area contributed by atoms with Crippen LogP contribution >= 0.6 is 11.3 Å². The van der Waals surface area contributed by atoms with Crippen molar-refractivity contribution in [2.75, 3.05) is 18.5 Å². The summed E-state index contributed by atoms with van der Waals surface area (Å²) >= 11 is 1.45. The number of thiazole rings is 1. The minimum Gasteiger partial charge on any atom is -0.253 e. The van der Waals surface area contributed by atoms with Crippen molar-refractivity contribution >= 4 is 32.7 Å². The van der Waals surface area contributed by atoms with Gasteiger partial charge in [-0.05, 0) is 30.5 Å². The van der Waals surface area contributed by atoms with Crippen LogP contribution in [0, 0.1) is 0 Å². The van der Waals surface area contributed by atoms with Gasteiger partial charge in [-0.1, -0.05) is 55.3 Å². The molecule has 1 aliphatic rings. The molecule has 1 saturated heterocycles. The van der Waals surface area contributed by atoms with Crippen molar-refractivity contribution in [2.45, 2.75) is 30.6 Å². The van der Waals surface area contributed by atoms with Crippen molar-refractivity contribution in [3.05, 3.63) is 65.5 Å². The van der Waals surface area contributed by atoms with Gasteiger partial charge in [0, 0.05) is 24.0 Å². The maximum atomic E-state index is 12.9. The summed E-state index contributed by atoms with van der Waals surface area (Å²) in [4.78, 5) is 4.88. The maximum Gasteiger partial charge on any atom is 0.243 e. The Morgan fingerprint density at radius 2 is 1.67 bits per heavy atom. The van der Waals surface area contributed by atoms with Gasteiger partial charge in [-0.25, -0.2) is 13.4 Å². The number of hydrogen-bond acceptors (Lipinski definition) is 6. The highest BCUT2D eigenvalue weighted by Crippen LogP contribution is 2.27. The third kappa shape index (κ3) is 4.95. The molecule has 2 heterocycles. The van der Waals surface area contributed by atoms with Crippen LogP contribution in [0.15, 0.2) is 70.0 Å². The second-order valence-corrected chi connectivity index (χ2v) is 9.96. The van der Waals surface area contributed by atoms with Crippen LogP contribution in [0.4, 0.5) is 5.13 Å². The second-order valence-electron chi connectivity index (χ2n) is 7.16. The van der Waals surface area contributed by atoms with Gasteiger partial charge >= 0.3 is 0 Å². The van der Waals surface area contributed by atoms with Crippen molar-refractivity contribution in [3.63, 3.8) is 0 Å². The van der Waals surface area contributed by atoms with E-state index in [-0.39, 0.29) is 0 Å². The zero-order chi connectivity index (χ0) is 20.8. The minimum atomic E-state index is -3.43. The molecule has 8 heteroatoms. The first-order valence-electron chi connectivity index (χ1n) is 10.0. The van der Waals surface area contributed by atoms with Gasteiger partial charge in [0.25, 0.3) is 0 Å². The standard InChI is InChI=1S/C22H24N4O2S2/c27-30(28,26-14-6-1-2-7-15-26)20-12-10-19(11-13-20)21-17-29-22(24-21)25-23-16-18-8-4-3-5-9-18/h3-5,8-13,16-17H,1-2,6-7,14-15H2,(H,24,25). The average Bonchev–Trinajstić information content (AvgIpc) is 3.06. The molecule has 0 amide bonds. The Bertz CT molecular complexity index is 1090. The number of hydrazone groups is 1. The first kappa shape index (κ1) is 20.7. The Kier molecular flexibility index (Phi) is 6.56. The lowest BCUT2D eigenvalue weighted by Crippen LogP contribution is -2.31. The predicted molar refractivity (Wildman–Crippen MR) is 122 cm³/mol. The molecule has 4 rings (SSSR count). The van der Waals surface area contributed by atoms with Gasteiger partial charge in [0.05, 0.1) is 16.8 Å². The summed E-state index contributed by atoms with van der Waals surface area (Å²) in [6, 6.07) is 16.8. The summed E-state index contributed by atoms with van der Waals surface area (Å²) in [6.07, 6.45) is 5.79. The van der Waals surface area contributed by atoms with E-state index < -0.39 is 10.0 Å². The van der Waals surface area contributed by atoms with E-state index in [4.69, 9.17) is 0 Å². The molecule has 1 N–H and O–H groups in total. The highest BCUT2D eigenvalue weighted by Gasteiger charge is 2.25. The van der Waals surface area contributed by atoms with E-state index in [0.717, 1.165) is 42.5 Å². The maximum absolute atomic E-state index is 12.9. The summed E-state index contributed by atoms with van der Waals surface area (Å²) in [7, 11) is -3.43. The normalized spacial score (nSPS) is 15.9. The van der Waals surface area contributed by atoms with Gasteiger partial charge in [0.15, 0.2) is 0 Å². The number of anilines is 1. The fourth-order valence-corrected chi connectivity index (χ4v) is 5.57. The second kappa shape index (κ2) is 9.51. The lowest BCUT2D eigenvalue weighted by Gasteiger charge is -2.19. The van der Waals surface area contributed by atoms with Crippen LogP contribution in [-0.4, -0.2) is 37.0 Å². The molecule has 0 atom stereocenters. The predicted octanol–water partition coefficient (Wildman–Crippen LogP) is 4.82. The topological polar surface area (TPSA) is 74.7 Å². The first-order valence-corrected chi connectivity index (χ1v) is 12.4. The van der Waals surface area contributed by atoms with E-state index in [1.54, 1.807) is 22.7 Å². The van der Waals surface area contributed by atoms with E-state index in [9.17, 15) is 8.42 Å². The quantitative estimate of drug-likeness (QED) is 0.440. The molecule has 6 nitrogen and oxygen atoms in total. The lowest BCUT2D eigenvalue weighted by atomic mass is 10.2. The highest BCUT2D eigenvalue weighted by atomic mass is 32.2. The molecule has 1 aliphatic heterocycles. The van der Waals surface area contributed by atoms with Gasteiger partial charge in [-0.15, -0.1) is 11.3 Å². The SMILES string of the molecule is O=S(=O)(c1ccc(-c2csc(NN=Cc3ccccc3)n2)cc1)N1CCCCCC1. The smallest absolute Gasteiger partial charge is 0.243 e. The van der Waals surface area contributed by atoms with Gasteiger partial charge in [-0.2, -0.15) is 9.41 Å². The number of nitrogens with one attached hydrogen (secondary N) is 1. The highest BCUT2D eigenvalue weighted by molar-refractivity contribution is 7.89. The van der Waals surface area contributed by atoms with Crippen LogP contribution in [0.5, 0.6) is 0 Å². The zero-order valence-electron chi connectivity index (χ0n) is 16.6. The third-order valence-corrected chi connectivity index (χ3v) is 7.69. The fraction of sp³-hybridized carbons (Fsp3) is 0.273. The van der Waals surface area contributed by atoms with E-state index in [1.165, 1.54) is 11.3 Å². The zero-order valence-corrected chi connectivity index (χ0v) is 18.2. The van der Waals surface area contributed by atoms with Crippen LogP contribution in [0.3, 0.4) is 0 Å². The van der Waals surface area contributed by atoms with Crippen LogP contribution in [0.1, 0.15) is 31.2 Å².